The Morgan fingerprint density at radius 3 is 2.69 bits per heavy atom. The Morgan fingerprint density at radius 1 is 1.21 bits per heavy atom. The largest absolute Gasteiger partial charge is 0.303 e. The van der Waals surface area contributed by atoms with Gasteiger partial charge in [0.05, 0.1) is 17.4 Å². The van der Waals surface area contributed by atoms with Crippen molar-refractivity contribution in [2.45, 2.75) is 23.1 Å². The van der Waals surface area contributed by atoms with Gasteiger partial charge < -0.3 is 4.90 Å². The van der Waals surface area contributed by atoms with E-state index in [1.54, 1.807) is 11.8 Å². The Morgan fingerprint density at radius 2 is 1.97 bits per heavy atom. The van der Waals surface area contributed by atoms with Crippen LogP contribution in [0.3, 0.4) is 0 Å². The van der Waals surface area contributed by atoms with Gasteiger partial charge in [-0.15, -0.1) is 0 Å². The van der Waals surface area contributed by atoms with Crippen molar-refractivity contribution in [3.8, 4) is 6.07 Å². The molecule has 1 atom stereocenters. The lowest BCUT2D eigenvalue weighted by atomic mass is 9.85. The molecule has 4 rings (SSSR count). The lowest BCUT2D eigenvalue weighted by Gasteiger charge is -2.25. The SMILES string of the molecule is CCN1CCC2=C(c3ccccc3Sc3ccc(C#N)cc32)C(CS(=O)(=O)O)C1. The van der Waals surface area contributed by atoms with E-state index in [9.17, 15) is 18.2 Å². The summed E-state index contributed by atoms with van der Waals surface area (Å²) in [5.41, 5.74) is 4.67. The van der Waals surface area contributed by atoms with E-state index in [0.29, 0.717) is 12.1 Å². The lowest BCUT2D eigenvalue weighted by Crippen LogP contribution is -2.32. The van der Waals surface area contributed by atoms with Gasteiger partial charge in [0.25, 0.3) is 10.1 Å². The topological polar surface area (TPSA) is 81.4 Å². The fourth-order valence-corrected chi connectivity index (χ4v) is 6.19. The fourth-order valence-electron chi connectivity index (χ4n) is 4.31. The van der Waals surface area contributed by atoms with Gasteiger partial charge in [0.2, 0.25) is 0 Å². The zero-order valence-corrected chi connectivity index (χ0v) is 17.8. The zero-order valence-electron chi connectivity index (χ0n) is 16.1. The standard InChI is InChI=1S/C22H22N2O3S2/c1-2-24-10-9-17-19-11-15(12-23)7-8-21(19)28-20-6-4-3-5-18(20)22(17)16(13-24)14-29(25,26)27/h3-8,11,16H,2,9-10,13-14H2,1H3,(H,25,26,27). The maximum absolute atomic E-state index is 11.9. The molecule has 29 heavy (non-hydrogen) atoms. The summed E-state index contributed by atoms with van der Waals surface area (Å²) in [6.45, 7) is 4.25. The van der Waals surface area contributed by atoms with Crippen molar-refractivity contribution >= 4 is 33.0 Å². The van der Waals surface area contributed by atoms with E-state index in [2.05, 4.69) is 17.9 Å². The van der Waals surface area contributed by atoms with E-state index < -0.39 is 10.1 Å². The highest BCUT2D eigenvalue weighted by atomic mass is 32.2. The molecule has 0 radical (unpaired) electrons. The lowest BCUT2D eigenvalue weighted by molar-refractivity contribution is 0.280. The molecular weight excluding hydrogens is 404 g/mol. The number of hydrogen-bond acceptors (Lipinski definition) is 5. The van der Waals surface area contributed by atoms with Crippen molar-refractivity contribution in [3.05, 3.63) is 59.2 Å². The van der Waals surface area contributed by atoms with Crippen LogP contribution in [0.4, 0.5) is 0 Å². The second kappa shape index (κ2) is 7.96. The number of rotatable bonds is 3. The van der Waals surface area contributed by atoms with Crippen LogP contribution in [0.1, 0.15) is 30.0 Å². The van der Waals surface area contributed by atoms with Crippen LogP contribution >= 0.6 is 11.8 Å². The van der Waals surface area contributed by atoms with Crippen LogP contribution in [0.15, 0.2) is 52.3 Å². The fraction of sp³-hybridized carbons (Fsp3) is 0.318. The smallest absolute Gasteiger partial charge is 0.265 e. The summed E-state index contributed by atoms with van der Waals surface area (Å²) in [6.07, 6.45) is 0.766. The molecule has 0 aliphatic carbocycles. The number of nitrogens with zero attached hydrogens (tertiary/aromatic N) is 2. The van der Waals surface area contributed by atoms with Gasteiger partial charge in [-0.3, -0.25) is 4.55 Å². The summed E-state index contributed by atoms with van der Waals surface area (Å²) in [4.78, 5) is 4.36. The van der Waals surface area contributed by atoms with E-state index in [1.165, 1.54) is 0 Å². The van der Waals surface area contributed by atoms with Gasteiger partial charge in [-0.05, 0) is 59.5 Å². The van der Waals surface area contributed by atoms with Crippen molar-refractivity contribution in [2.75, 3.05) is 25.4 Å². The van der Waals surface area contributed by atoms with Crippen molar-refractivity contribution in [3.63, 3.8) is 0 Å². The second-order valence-electron chi connectivity index (χ2n) is 7.40. The van der Waals surface area contributed by atoms with Crippen molar-refractivity contribution < 1.29 is 13.0 Å². The summed E-state index contributed by atoms with van der Waals surface area (Å²) in [5, 5.41) is 9.43. The minimum absolute atomic E-state index is 0.311. The minimum atomic E-state index is -4.15. The molecular formula is C22H22N2O3S2. The molecule has 0 spiro atoms. The molecule has 2 aromatic rings. The van der Waals surface area contributed by atoms with Crippen molar-refractivity contribution in [2.24, 2.45) is 5.92 Å². The maximum Gasteiger partial charge on any atom is 0.265 e. The quantitative estimate of drug-likeness (QED) is 0.742. The third kappa shape index (κ3) is 4.12. The predicted molar refractivity (Wildman–Crippen MR) is 115 cm³/mol. The highest BCUT2D eigenvalue weighted by Gasteiger charge is 2.33. The van der Waals surface area contributed by atoms with Crippen molar-refractivity contribution in [1.29, 1.82) is 5.26 Å². The summed E-state index contributed by atoms with van der Waals surface area (Å²) in [6, 6.07) is 16.0. The highest BCUT2D eigenvalue weighted by Crippen LogP contribution is 2.48. The molecule has 0 saturated carbocycles. The van der Waals surface area contributed by atoms with Gasteiger partial charge in [-0.2, -0.15) is 13.7 Å². The van der Waals surface area contributed by atoms with E-state index in [4.69, 9.17) is 0 Å². The first-order chi connectivity index (χ1) is 13.9. The van der Waals surface area contributed by atoms with Gasteiger partial charge in [-0.25, -0.2) is 0 Å². The Bertz CT molecular complexity index is 1130. The molecule has 7 heteroatoms. The monoisotopic (exact) mass is 426 g/mol. The summed E-state index contributed by atoms with van der Waals surface area (Å²) >= 11 is 1.65. The van der Waals surface area contributed by atoms with Gasteiger partial charge in [0.1, 0.15) is 0 Å². The van der Waals surface area contributed by atoms with Gasteiger partial charge in [-0.1, -0.05) is 36.9 Å². The molecule has 1 N–H and O–H groups in total. The first-order valence-electron chi connectivity index (χ1n) is 9.62. The predicted octanol–water partition coefficient (Wildman–Crippen LogP) is 4.16. The van der Waals surface area contributed by atoms with Crippen LogP contribution in [0.25, 0.3) is 11.1 Å². The van der Waals surface area contributed by atoms with Crippen LogP contribution < -0.4 is 0 Å². The van der Waals surface area contributed by atoms with Crippen molar-refractivity contribution in [1.82, 2.24) is 4.90 Å². The molecule has 0 fully saturated rings. The van der Waals surface area contributed by atoms with Crippen LogP contribution in [-0.4, -0.2) is 43.3 Å². The molecule has 2 aliphatic rings. The van der Waals surface area contributed by atoms with Crippen LogP contribution in [0.2, 0.25) is 0 Å². The van der Waals surface area contributed by atoms with Gasteiger partial charge in [0, 0.05) is 28.8 Å². The molecule has 0 aromatic heterocycles. The molecule has 2 aliphatic heterocycles. The molecule has 5 nitrogen and oxygen atoms in total. The Balaban J connectivity index is 2.01. The van der Waals surface area contributed by atoms with Crippen LogP contribution in [0, 0.1) is 17.2 Å². The normalized spacial score (nSPS) is 19.4. The molecule has 1 unspecified atom stereocenters. The third-order valence-corrected chi connectivity index (χ3v) is 7.56. The third-order valence-electron chi connectivity index (χ3n) is 5.58. The Labute approximate surface area is 175 Å². The second-order valence-corrected chi connectivity index (χ2v) is 9.98. The molecule has 0 bridgehead atoms. The average Bonchev–Trinajstić information content (AvgIpc) is 2.94. The van der Waals surface area contributed by atoms with Gasteiger partial charge >= 0.3 is 0 Å². The van der Waals surface area contributed by atoms with Gasteiger partial charge in [0.15, 0.2) is 0 Å². The van der Waals surface area contributed by atoms with Crippen LogP contribution in [0.5, 0.6) is 0 Å². The van der Waals surface area contributed by atoms with E-state index in [0.717, 1.165) is 51.6 Å². The summed E-state index contributed by atoms with van der Waals surface area (Å²) in [7, 11) is -4.15. The summed E-state index contributed by atoms with van der Waals surface area (Å²) < 4.78 is 33.5. The Kier molecular flexibility index (Phi) is 5.54. The van der Waals surface area contributed by atoms with E-state index in [-0.39, 0.29) is 11.7 Å². The summed E-state index contributed by atoms with van der Waals surface area (Å²) in [5.74, 6) is -0.657. The molecule has 150 valence electrons. The van der Waals surface area contributed by atoms with E-state index >= 15 is 0 Å². The molecule has 0 saturated heterocycles. The number of fused-ring (bicyclic) bond motifs is 4. The van der Waals surface area contributed by atoms with Crippen LogP contribution in [-0.2, 0) is 10.1 Å². The van der Waals surface area contributed by atoms with E-state index in [1.807, 2.05) is 42.5 Å². The maximum atomic E-state index is 11.9. The number of hydrogen-bond donors (Lipinski definition) is 1. The molecule has 2 heterocycles. The molecule has 2 aromatic carbocycles. The average molecular weight is 427 g/mol. The zero-order chi connectivity index (χ0) is 20.6. The Hall–Kier alpha value is -2.11. The number of benzene rings is 2. The first-order valence-corrected chi connectivity index (χ1v) is 12.0. The first kappa shape index (κ1) is 20.2. The highest BCUT2D eigenvalue weighted by molar-refractivity contribution is 7.99. The number of nitriles is 1. The molecule has 0 amide bonds. The minimum Gasteiger partial charge on any atom is -0.303 e.